The van der Waals surface area contributed by atoms with Crippen molar-refractivity contribution < 1.29 is 0 Å². The molecule has 0 spiro atoms. The SMILES string of the molecule is N#CCN1CC[CH]CC1. The Bertz CT molecular complexity index is 109. The predicted octanol–water partition coefficient (Wildman–Crippen LogP) is 0.810. The van der Waals surface area contributed by atoms with Gasteiger partial charge in [-0.15, -0.1) is 0 Å². The lowest BCUT2D eigenvalue weighted by molar-refractivity contribution is 0.283. The molecule has 1 rings (SSSR count). The second kappa shape index (κ2) is 3.47. The number of hydrogen-bond acceptors (Lipinski definition) is 2. The van der Waals surface area contributed by atoms with Crippen molar-refractivity contribution in [2.45, 2.75) is 12.8 Å². The van der Waals surface area contributed by atoms with Gasteiger partial charge in [0.05, 0.1) is 12.6 Å². The van der Waals surface area contributed by atoms with Gasteiger partial charge in [-0.1, -0.05) is 0 Å². The van der Waals surface area contributed by atoms with E-state index in [1.165, 1.54) is 0 Å². The molecule has 0 bridgehead atoms. The van der Waals surface area contributed by atoms with Gasteiger partial charge < -0.3 is 0 Å². The molecule has 2 heteroatoms. The summed E-state index contributed by atoms with van der Waals surface area (Å²) in [6, 6.07) is 2.15. The van der Waals surface area contributed by atoms with Crippen molar-refractivity contribution in [3.8, 4) is 6.07 Å². The van der Waals surface area contributed by atoms with Crippen LogP contribution in [0.25, 0.3) is 0 Å². The number of piperidine rings is 1. The summed E-state index contributed by atoms with van der Waals surface area (Å²) in [6.07, 6.45) is 4.59. The summed E-state index contributed by atoms with van der Waals surface area (Å²) in [6.45, 7) is 2.76. The summed E-state index contributed by atoms with van der Waals surface area (Å²) < 4.78 is 0. The molecule has 9 heavy (non-hydrogen) atoms. The van der Waals surface area contributed by atoms with E-state index in [-0.39, 0.29) is 0 Å². The summed E-state index contributed by atoms with van der Waals surface area (Å²) in [5.74, 6) is 0. The lowest BCUT2D eigenvalue weighted by atomic mass is 10.1. The Hall–Kier alpha value is -0.550. The van der Waals surface area contributed by atoms with Crippen LogP contribution in [-0.4, -0.2) is 24.5 Å². The molecule has 0 aromatic carbocycles. The van der Waals surface area contributed by atoms with Gasteiger partial charge >= 0.3 is 0 Å². The average Bonchev–Trinajstić information content (AvgIpc) is 1.91. The largest absolute Gasteiger partial charge is 0.291 e. The van der Waals surface area contributed by atoms with Crippen LogP contribution in [0.1, 0.15) is 12.8 Å². The lowest BCUT2D eigenvalue weighted by Crippen LogP contribution is -2.29. The van der Waals surface area contributed by atoms with Crippen molar-refractivity contribution in [3.05, 3.63) is 6.42 Å². The first-order valence-corrected chi connectivity index (χ1v) is 3.34. The zero-order valence-electron chi connectivity index (χ0n) is 5.51. The van der Waals surface area contributed by atoms with Gasteiger partial charge in [0.2, 0.25) is 0 Å². The summed E-state index contributed by atoms with van der Waals surface area (Å²) in [5, 5.41) is 8.32. The standard InChI is InChI=1S/C7H11N2/c8-4-7-9-5-2-1-3-6-9/h1H,2-3,5-7H2. The first kappa shape index (κ1) is 6.57. The molecule has 49 valence electrons. The van der Waals surface area contributed by atoms with E-state index >= 15 is 0 Å². The lowest BCUT2D eigenvalue weighted by Gasteiger charge is -2.22. The Kier molecular flexibility index (Phi) is 2.53. The minimum Gasteiger partial charge on any atom is -0.291 e. The third-order valence-electron chi connectivity index (χ3n) is 1.59. The summed E-state index contributed by atoms with van der Waals surface area (Å²) >= 11 is 0. The Labute approximate surface area is 56.1 Å². The van der Waals surface area contributed by atoms with Gasteiger partial charge in [0.1, 0.15) is 0 Å². The highest BCUT2D eigenvalue weighted by Gasteiger charge is 2.07. The average molecular weight is 123 g/mol. The minimum atomic E-state index is 0.605. The zero-order chi connectivity index (χ0) is 6.53. The van der Waals surface area contributed by atoms with Gasteiger partial charge in [-0.05, 0) is 32.4 Å². The van der Waals surface area contributed by atoms with Crippen molar-refractivity contribution in [3.63, 3.8) is 0 Å². The van der Waals surface area contributed by atoms with Gasteiger partial charge in [0.25, 0.3) is 0 Å². The third kappa shape index (κ3) is 2.03. The molecular weight excluding hydrogens is 112 g/mol. The molecule has 0 N–H and O–H groups in total. The third-order valence-corrected chi connectivity index (χ3v) is 1.59. The van der Waals surface area contributed by atoms with Crippen LogP contribution in [0, 0.1) is 17.8 Å². The van der Waals surface area contributed by atoms with E-state index in [2.05, 4.69) is 17.4 Å². The highest BCUT2D eigenvalue weighted by atomic mass is 15.1. The van der Waals surface area contributed by atoms with Gasteiger partial charge in [-0.3, -0.25) is 4.90 Å². The van der Waals surface area contributed by atoms with Crippen molar-refractivity contribution in [2.24, 2.45) is 0 Å². The molecule has 0 saturated carbocycles. The number of hydrogen-bond donors (Lipinski definition) is 0. The van der Waals surface area contributed by atoms with E-state index in [1.807, 2.05) is 0 Å². The maximum atomic E-state index is 8.32. The zero-order valence-corrected chi connectivity index (χ0v) is 5.51. The van der Waals surface area contributed by atoms with Crippen LogP contribution < -0.4 is 0 Å². The van der Waals surface area contributed by atoms with E-state index in [4.69, 9.17) is 5.26 Å². The van der Waals surface area contributed by atoms with Crippen LogP contribution in [0.15, 0.2) is 0 Å². The first-order chi connectivity index (χ1) is 4.43. The molecule has 1 heterocycles. The van der Waals surface area contributed by atoms with Crippen molar-refractivity contribution >= 4 is 0 Å². The van der Waals surface area contributed by atoms with Crippen LogP contribution in [-0.2, 0) is 0 Å². The van der Waals surface area contributed by atoms with Crippen molar-refractivity contribution in [2.75, 3.05) is 19.6 Å². The Balaban J connectivity index is 2.17. The van der Waals surface area contributed by atoms with Crippen LogP contribution >= 0.6 is 0 Å². The molecule has 0 amide bonds. The summed E-state index contributed by atoms with van der Waals surface area (Å²) in [7, 11) is 0. The van der Waals surface area contributed by atoms with E-state index < -0.39 is 0 Å². The van der Waals surface area contributed by atoms with Gasteiger partial charge in [0, 0.05) is 0 Å². The fourth-order valence-electron chi connectivity index (χ4n) is 1.06. The molecule has 1 aliphatic heterocycles. The smallest absolute Gasteiger partial charge is 0.0865 e. The summed E-state index contributed by atoms with van der Waals surface area (Å²) in [4.78, 5) is 2.18. The molecule has 0 aromatic rings. The molecule has 1 aliphatic rings. The molecule has 2 nitrogen and oxygen atoms in total. The molecule has 0 unspecified atom stereocenters. The van der Waals surface area contributed by atoms with E-state index in [0.717, 1.165) is 25.9 Å². The van der Waals surface area contributed by atoms with Gasteiger partial charge in [-0.2, -0.15) is 5.26 Å². The van der Waals surface area contributed by atoms with Gasteiger partial charge in [0.15, 0.2) is 0 Å². The van der Waals surface area contributed by atoms with Gasteiger partial charge in [-0.25, -0.2) is 0 Å². The van der Waals surface area contributed by atoms with E-state index in [1.54, 1.807) is 0 Å². The van der Waals surface area contributed by atoms with Crippen LogP contribution in [0.3, 0.4) is 0 Å². The normalized spacial score (nSPS) is 21.2. The predicted molar refractivity (Wildman–Crippen MR) is 35.6 cm³/mol. The maximum absolute atomic E-state index is 8.32. The second-order valence-electron chi connectivity index (χ2n) is 2.30. The highest BCUT2D eigenvalue weighted by molar-refractivity contribution is 4.82. The minimum absolute atomic E-state index is 0.605. The second-order valence-corrected chi connectivity index (χ2v) is 2.30. The molecule has 1 saturated heterocycles. The van der Waals surface area contributed by atoms with Crippen LogP contribution in [0.5, 0.6) is 0 Å². The highest BCUT2D eigenvalue weighted by Crippen LogP contribution is 2.05. The summed E-state index contributed by atoms with van der Waals surface area (Å²) in [5.41, 5.74) is 0. The molecule has 0 aliphatic carbocycles. The van der Waals surface area contributed by atoms with Crippen LogP contribution in [0.4, 0.5) is 0 Å². The topological polar surface area (TPSA) is 27.0 Å². The molecule has 1 radical (unpaired) electrons. The monoisotopic (exact) mass is 123 g/mol. The first-order valence-electron chi connectivity index (χ1n) is 3.34. The quantitative estimate of drug-likeness (QED) is 0.482. The van der Waals surface area contributed by atoms with E-state index in [9.17, 15) is 0 Å². The Morgan fingerprint density at radius 1 is 1.44 bits per heavy atom. The molecule has 0 atom stereocenters. The fraction of sp³-hybridized carbons (Fsp3) is 0.714. The number of nitriles is 1. The van der Waals surface area contributed by atoms with E-state index in [0.29, 0.717) is 6.54 Å². The number of likely N-dealkylation sites (tertiary alicyclic amines) is 1. The van der Waals surface area contributed by atoms with Crippen LogP contribution in [0.2, 0.25) is 0 Å². The Morgan fingerprint density at radius 2 is 2.11 bits per heavy atom. The fourth-order valence-corrected chi connectivity index (χ4v) is 1.06. The Morgan fingerprint density at radius 3 is 2.67 bits per heavy atom. The van der Waals surface area contributed by atoms with Crippen molar-refractivity contribution in [1.82, 2.24) is 4.90 Å². The molecular formula is C7H11N2. The van der Waals surface area contributed by atoms with Crippen molar-refractivity contribution in [1.29, 1.82) is 5.26 Å². The number of nitrogens with zero attached hydrogens (tertiary/aromatic N) is 2. The maximum Gasteiger partial charge on any atom is 0.0865 e. The molecule has 1 fully saturated rings. The number of rotatable bonds is 1. The molecule has 0 aromatic heterocycles.